The number of pyridine rings is 2. The number of aromatic nitrogens is 2. The highest BCUT2D eigenvalue weighted by molar-refractivity contribution is 5.93. The van der Waals surface area contributed by atoms with E-state index in [1.807, 2.05) is 17.2 Å². The molecule has 4 fully saturated rings. The van der Waals surface area contributed by atoms with Crippen molar-refractivity contribution in [3.8, 4) is 0 Å². The lowest BCUT2D eigenvalue weighted by Gasteiger charge is -2.57. The first-order valence-corrected chi connectivity index (χ1v) is 11.4. The molecular weight excluding hydrogens is 406 g/mol. The fourth-order valence-electron chi connectivity index (χ4n) is 5.65. The summed E-state index contributed by atoms with van der Waals surface area (Å²) in [5, 5.41) is 5.64. The van der Waals surface area contributed by atoms with Gasteiger partial charge in [-0.3, -0.25) is 14.7 Å². The summed E-state index contributed by atoms with van der Waals surface area (Å²) in [7, 11) is 1.61. The highest BCUT2D eigenvalue weighted by Crippen LogP contribution is 2.40. The minimum absolute atomic E-state index is 0.00598. The Morgan fingerprint density at radius 1 is 1.22 bits per heavy atom. The maximum Gasteiger partial charge on any atom is 0.322 e. The van der Waals surface area contributed by atoms with Crippen LogP contribution in [0.5, 0.6) is 0 Å². The van der Waals surface area contributed by atoms with Crippen LogP contribution < -0.4 is 15.5 Å². The summed E-state index contributed by atoms with van der Waals surface area (Å²) in [5.74, 6) is -0.167. The summed E-state index contributed by atoms with van der Waals surface area (Å²) >= 11 is 0. The molecule has 7 rings (SSSR count). The topological polar surface area (TPSA) is 93.7 Å². The lowest BCUT2D eigenvalue weighted by molar-refractivity contribution is -0.00852. The largest absolute Gasteiger partial charge is 0.367 e. The normalized spacial score (nSPS) is 26.2. The van der Waals surface area contributed by atoms with Gasteiger partial charge in [-0.25, -0.2) is 9.78 Å². The van der Waals surface area contributed by atoms with Crippen LogP contribution in [0.1, 0.15) is 47.1 Å². The molecule has 0 saturated carbocycles. The van der Waals surface area contributed by atoms with Crippen molar-refractivity contribution in [2.75, 3.05) is 36.9 Å². The van der Waals surface area contributed by atoms with Crippen molar-refractivity contribution >= 4 is 23.3 Å². The second-order valence-corrected chi connectivity index (χ2v) is 9.16. The molecule has 3 amide bonds. The van der Waals surface area contributed by atoms with Crippen LogP contribution in [0.25, 0.3) is 0 Å². The fourth-order valence-corrected chi connectivity index (χ4v) is 5.65. The van der Waals surface area contributed by atoms with Gasteiger partial charge < -0.3 is 20.4 Å². The lowest BCUT2D eigenvalue weighted by Crippen LogP contribution is -2.68. The molecule has 0 aromatic carbocycles. The van der Waals surface area contributed by atoms with Gasteiger partial charge in [-0.05, 0) is 43.0 Å². The molecule has 0 aliphatic carbocycles. The third-order valence-corrected chi connectivity index (χ3v) is 7.33. The SMILES string of the molecule is CNC(=O)c1ccc(N2CC3CC(C2)N3Cc2cnc3c(c2)NC(=O)N2CCCC32)cn1. The number of hydrogen-bond donors (Lipinski definition) is 2. The van der Waals surface area contributed by atoms with Crippen LogP contribution in [-0.2, 0) is 6.54 Å². The number of anilines is 2. The smallest absolute Gasteiger partial charge is 0.322 e. The van der Waals surface area contributed by atoms with Gasteiger partial charge >= 0.3 is 6.03 Å². The quantitative estimate of drug-likeness (QED) is 0.766. The van der Waals surface area contributed by atoms with Gasteiger partial charge in [0.15, 0.2) is 0 Å². The number of carbonyl (C=O) groups excluding carboxylic acids is 2. The number of carbonyl (C=O) groups is 2. The Balaban J connectivity index is 1.13. The van der Waals surface area contributed by atoms with Crippen LogP contribution in [0.4, 0.5) is 16.2 Å². The number of fused-ring (bicyclic) bond motifs is 5. The second-order valence-electron chi connectivity index (χ2n) is 9.16. The van der Waals surface area contributed by atoms with E-state index in [9.17, 15) is 9.59 Å². The monoisotopic (exact) mass is 433 g/mol. The van der Waals surface area contributed by atoms with Crippen molar-refractivity contribution in [1.29, 1.82) is 0 Å². The maximum atomic E-state index is 12.4. The van der Waals surface area contributed by atoms with Gasteiger partial charge in [0.05, 0.1) is 29.3 Å². The van der Waals surface area contributed by atoms with Gasteiger partial charge in [-0.15, -0.1) is 0 Å². The van der Waals surface area contributed by atoms with Crippen molar-refractivity contribution in [3.63, 3.8) is 0 Å². The maximum absolute atomic E-state index is 12.4. The Labute approximate surface area is 186 Å². The Bertz CT molecular complexity index is 1060. The van der Waals surface area contributed by atoms with Crippen LogP contribution in [-0.4, -0.2) is 70.5 Å². The van der Waals surface area contributed by atoms with E-state index in [2.05, 4.69) is 31.5 Å². The number of amides is 3. The van der Waals surface area contributed by atoms with Crippen LogP contribution in [0.15, 0.2) is 30.6 Å². The summed E-state index contributed by atoms with van der Waals surface area (Å²) in [6, 6.07) is 6.99. The Hall–Kier alpha value is -3.20. The molecule has 32 heavy (non-hydrogen) atoms. The third-order valence-electron chi connectivity index (χ3n) is 7.33. The van der Waals surface area contributed by atoms with E-state index >= 15 is 0 Å². The minimum atomic E-state index is -0.167. The fraction of sp³-hybridized carbons (Fsp3) is 0.478. The van der Waals surface area contributed by atoms with Crippen molar-refractivity contribution in [3.05, 3.63) is 47.5 Å². The predicted octanol–water partition coefficient (Wildman–Crippen LogP) is 1.98. The van der Waals surface area contributed by atoms with Gasteiger partial charge in [-0.2, -0.15) is 0 Å². The van der Waals surface area contributed by atoms with Gasteiger partial charge in [0.2, 0.25) is 0 Å². The zero-order valence-corrected chi connectivity index (χ0v) is 18.1. The van der Waals surface area contributed by atoms with E-state index in [4.69, 9.17) is 4.98 Å². The first kappa shape index (κ1) is 19.5. The number of urea groups is 1. The number of hydrogen-bond acceptors (Lipinski definition) is 6. The molecule has 4 saturated heterocycles. The first-order chi connectivity index (χ1) is 15.6. The average Bonchev–Trinajstić information content (AvgIpc) is 3.33. The molecule has 0 spiro atoms. The lowest BCUT2D eigenvalue weighted by atomic mass is 9.86. The minimum Gasteiger partial charge on any atom is -0.367 e. The van der Waals surface area contributed by atoms with Crippen molar-refractivity contribution in [1.82, 2.24) is 25.1 Å². The molecule has 2 N–H and O–H groups in total. The standard InChI is InChI=1S/C23H27N7O2/c1-24-22(31)18-5-4-15(10-25-18)28-12-16-8-17(13-28)30(16)11-14-7-19-21(26-9-14)20-3-2-6-29(20)23(32)27-19/h4-5,7,9-10,16-17,20H,2-3,6,8,11-13H2,1H3,(H,24,31)(H,27,32). The van der Waals surface area contributed by atoms with Crippen molar-refractivity contribution in [2.45, 2.75) is 43.9 Å². The van der Waals surface area contributed by atoms with Crippen molar-refractivity contribution in [2.24, 2.45) is 0 Å². The van der Waals surface area contributed by atoms with E-state index in [1.165, 1.54) is 6.42 Å². The molecule has 2 aromatic rings. The Morgan fingerprint density at radius 3 is 2.81 bits per heavy atom. The second kappa shape index (κ2) is 7.44. The molecular formula is C23H27N7O2. The van der Waals surface area contributed by atoms with Crippen molar-refractivity contribution < 1.29 is 9.59 Å². The average molecular weight is 434 g/mol. The zero-order valence-electron chi connectivity index (χ0n) is 18.1. The third kappa shape index (κ3) is 3.10. The van der Waals surface area contributed by atoms with Gasteiger partial charge in [0.25, 0.3) is 5.91 Å². The first-order valence-electron chi connectivity index (χ1n) is 11.4. The van der Waals surface area contributed by atoms with Crippen LogP contribution in [0.3, 0.4) is 0 Å². The number of piperazine rings is 1. The molecule has 2 bridgehead atoms. The predicted molar refractivity (Wildman–Crippen MR) is 120 cm³/mol. The van der Waals surface area contributed by atoms with Gasteiger partial charge in [-0.1, -0.05) is 0 Å². The number of rotatable bonds is 4. The molecule has 5 aliphatic heterocycles. The molecule has 166 valence electrons. The van der Waals surface area contributed by atoms with E-state index in [0.717, 1.165) is 61.7 Å². The highest BCUT2D eigenvalue weighted by Gasteiger charge is 2.44. The molecule has 7 heterocycles. The van der Waals surface area contributed by atoms with Crippen LogP contribution in [0.2, 0.25) is 0 Å². The molecule has 9 heteroatoms. The summed E-state index contributed by atoms with van der Waals surface area (Å²) in [6.45, 7) is 3.56. The van der Waals surface area contributed by atoms with Crippen LogP contribution >= 0.6 is 0 Å². The van der Waals surface area contributed by atoms with E-state index in [1.54, 1.807) is 19.3 Å². The zero-order chi connectivity index (χ0) is 21.8. The molecule has 3 atom stereocenters. The Morgan fingerprint density at radius 2 is 2.06 bits per heavy atom. The van der Waals surface area contributed by atoms with E-state index in [-0.39, 0.29) is 18.0 Å². The van der Waals surface area contributed by atoms with E-state index in [0.29, 0.717) is 17.8 Å². The highest BCUT2D eigenvalue weighted by atomic mass is 16.2. The summed E-state index contributed by atoms with van der Waals surface area (Å²) in [6.07, 6.45) is 7.02. The van der Waals surface area contributed by atoms with Crippen LogP contribution in [0, 0.1) is 0 Å². The summed E-state index contributed by atoms with van der Waals surface area (Å²) in [5.41, 5.74) is 4.54. The van der Waals surface area contributed by atoms with Gasteiger partial charge in [0, 0.05) is 51.5 Å². The van der Waals surface area contributed by atoms with Gasteiger partial charge in [0.1, 0.15) is 5.69 Å². The summed E-state index contributed by atoms with van der Waals surface area (Å²) < 4.78 is 0. The molecule has 3 unspecified atom stereocenters. The number of nitrogens with one attached hydrogen (secondary N) is 2. The number of piperidine rings is 1. The number of nitrogens with zero attached hydrogens (tertiary/aromatic N) is 5. The molecule has 5 aliphatic rings. The Kier molecular flexibility index (Phi) is 4.53. The molecule has 9 nitrogen and oxygen atoms in total. The molecule has 0 radical (unpaired) electrons. The summed E-state index contributed by atoms with van der Waals surface area (Å²) in [4.78, 5) is 40.0. The van der Waals surface area contributed by atoms with E-state index < -0.39 is 0 Å². The molecule has 2 aromatic heterocycles.